The number of alkyl halides is 3. The zero-order valence-electron chi connectivity index (χ0n) is 16.4. The van der Waals surface area contributed by atoms with Gasteiger partial charge in [-0.15, -0.1) is 0 Å². The Kier molecular flexibility index (Phi) is 3.94. The van der Waals surface area contributed by atoms with E-state index in [1.165, 1.54) is 0 Å². The van der Waals surface area contributed by atoms with E-state index in [4.69, 9.17) is 11.6 Å². The highest BCUT2D eigenvalue weighted by Crippen LogP contribution is 2.61. The summed E-state index contributed by atoms with van der Waals surface area (Å²) in [6.45, 7) is 0. The number of rotatable bonds is 1. The SMILES string of the molecule is O=C1[C@@H]2C3c4ccccc4C(c4ccccc43)[C@H]2C(=O)N1c1cc(C(F)(F)F)ccc1Cl. The van der Waals surface area contributed by atoms with Gasteiger partial charge in [-0.3, -0.25) is 9.59 Å². The lowest BCUT2D eigenvalue weighted by Gasteiger charge is -2.45. The van der Waals surface area contributed by atoms with E-state index in [0.717, 1.165) is 45.4 Å². The topological polar surface area (TPSA) is 37.4 Å². The van der Waals surface area contributed by atoms with Crippen molar-refractivity contribution in [3.63, 3.8) is 0 Å². The fourth-order valence-corrected chi connectivity index (χ4v) is 5.98. The van der Waals surface area contributed by atoms with Crippen LogP contribution in [0.2, 0.25) is 5.02 Å². The van der Waals surface area contributed by atoms with Crippen LogP contribution in [0.3, 0.4) is 0 Å². The second-order valence-corrected chi connectivity index (χ2v) is 8.85. The summed E-state index contributed by atoms with van der Waals surface area (Å²) in [5.74, 6) is -3.02. The normalized spacial score (nSPS) is 25.6. The summed E-state index contributed by atoms with van der Waals surface area (Å²) in [6, 6.07) is 18.2. The van der Waals surface area contributed by atoms with Crippen molar-refractivity contribution in [2.45, 2.75) is 18.0 Å². The minimum absolute atomic E-state index is 0.0688. The van der Waals surface area contributed by atoms with E-state index in [2.05, 4.69) is 0 Å². The minimum Gasteiger partial charge on any atom is -0.274 e. The fraction of sp³-hybridized carbons (Fsp3) is 0.200. The van der Waals surface area contributed by atoms with Crippen LogP contribution < -0.4 is 4.90 Å². The first-order valence-corrected chi connectivity index (χ1v) is 10.6. The van der Waals surface area contributed by atoms with Crippen LogP contribution in [-0.2, 0) is 15.8 Å². The Labute approximate surface area is 186 Å². The zero-order valence-corrected chi connectivity index (χ0v) is 17.2. The number of anilines is 1. The van der Waals surface area contributed by atoms with Crippen molar-refractivity contribution in [2.24, 2.45) is 11.8 Å². The van der Waals surface area contributed by atoms with Crippen molar-refractivity contribution in [3.8, 4) is 0 Å². The summed E-state index contributed by atoms with van der Waals surface area (Å²) in [7, 11) is 0. The Morgan fingerprint density at radius 2 is 1.16 bits per heavy atom. The number of hydrogen-bond donors (Lipinski definition) is 0. The van der Waals surface area contributed by atoms with Crippen LogP contribution in [0.5, 0.6) is 0 Å². The van der Waals surface area contributed by atoms with Crippen LogP contribution in [0.1, 0.15) is 39.7 Å². The molecule has 4 aliphatic rings. The van der Waals surface area contributed by atoms with Gasteiger partial charge < -0.3 is 0 Å². The van der Waals surface area contributed by atoms with Gasteiger partial charge >= 0.3 is 6.18 Å². The van der Waals surface area contributed by atoms with Gasteiger partial charge in [0.25, 0.3) is 0 Å². The molecule has 3 aliphatic carbocycles. The number of amides is 2. The molecule has 2 bridgehead atoms. The average molecular weight is 454 g/mol. The first-order chi connectivity index (χ1) is 15.3. The van der Waals surface area contributed by atoms with E-state index < -0.39 is 35.4 Å². The summed E-state index contributed by atoms with van der Waals surface area (Å²) in [5.41, 5.74) is 2.82. The number of imide groups is 1. The van der Waals surface area contributed by atoms with Crippen molar-refractivity contribution >= 4 is 29.1 Å². The summed E-state index contributed by atoms with van der Waals surface area (Å²) < 4.78 is 40.0. The van der Waals surface area contributed by atoms with E-state index in [9.17, 15) is 22.8 Å². The van der Waals surface area contributed by atoms with Crippen LogP contribution >= 0.6 is 11.6 Å². The highest BCUT2D eigenvalue weighted by Gasteiger charge is 2.62. The van der Waals surface area contributed by atoms with Crippen molar-refractivity contribution in [2.75, 3.05) is 4.90 Å². The van der Waals surface area contributed by atoms with Crippen molar-refractivity contribution < 1.29 is 22.8 Å². The fourth-order valence-electron chi connectivity index (χ4n) is 5.78. The first kappa shape index (κ1) is 19.6. The number of carbonyl (C=O) groups excluding carboxylic acids is 2. The lowest BCUT2D eigenvalue weighted by atomic mass is 9.55. The monoisotopic (exact) mass is 453 g/mol. The molecule has 1 aliphatic heterocycles. The molecular weight excluding hydrogens is 439 g/mol. The van der Waals surface area contributed by atoms with Gasteiger partial charge in [0, 0.05) is 11.8 Å². The van der Waals surface area contributed by atoms with E-state index in [1.54, 1.807) is 0 Å². The number of nitrogens with zero attached hydrogens (tertiary/aromatic N) is 1. The zero-order chi connectivity index (χ0) is 22.4. The summed E-state index contributed by atoms with van der Waals surface area (Å²) in [6.07, 6.45) is -4.62. The largest absolute Gasteiger partial charge is 0.416 e. The standard InChI is InChI=1S/C25H15ClF3NO2/c26-17-10-9-12(25(27,28)29)11-18(17)30-23(31)21-19-13-5-1-2-6-14(13)20(22(21)24(30)32)16-8-4-3-7-15(16)19/h1-11,19-22H/t19?,20?,21-,22-/m1/s1. The minimum atomic E-state index is -4.62. The molecule has 2 atom stereocenters. The van der Waals surface area contributed by atoms with E-state index >= 15 is 0 Å². The van der Waals surface area contributed by atoms with Gasteiger partial charge in [-0.05, 0) is 40.5 Å². The van der Waals surface area contributed by atoms with Gasteiger partial charge in [-0.2, -0.15) is 13.2 Å². The van der Waals surface area contributed by atoms with E-state index in [1.807, 2.05) is 48.5 Å². The van der Waals surface area contributed by atoms with Crippen LogP contribution in [0.15, 0.2) is 66.7 Å². The quantitative estimate of drug-likeness (QED) is 0.440. The van der Waals surface area contributed by atoms with Crippen LogP contribution in [-0.4, -0.2) is 11.8 Å². The summed E-state index contributed by atoms with van der Waals surface area (Å²) in [5, 5.41) is -0.0688. The molecule has 1 fully saturated rings. The molecule has 0 N–H and O–H groups in total. The number of halogens is 4. The number of hydrogen-bond acceptors (Lipinski definition) is 2. The second-order valence-electron chi connectivity index (χ2n) is 8.44. The molecular formula is C25H15ClF3NO2. The maximum Gasteiger partial charge on any atom is 0.416 e. The second kappa shape index (κ2) is 6.45. The summed E-state index contributed by atoms with van der Waals surface area (Å²) >= 11 is 6.21. The van der Waals surface area contributed by atoms with Crippen LogP contribution in [0.25, 0.3) is 0 Å². The highest BCUT2D eigenvalue weighted by atomic mass is 35.5. The Morgan fingerprint density at radius 1 is 0.719 bits per heavy atom. The molecule has 1 heterocycles. The predicted octanol–water partition coefficient (Wildman–Crippen LogP) is 5.76. The van der Waals surface area contributed by atoms with Crippen molar-refractivity contribution in [3.05, 3.63) is 99.6 Å². The van der Waals surface area contributed by atoms with Gasteiger partial charge in [-0.25, -0.2) is 4.90 Å². The Morgan fingerprint density at radius 3 is 1.56 bits per heavy atom. The molecule has 0 unspecified atom stereocenters. The Balaban J connectivity index is 1.54. The van der Waals surface area contributed by atoms with Crippen molar-refractivity contribution in [1.82, 2.24) is 0 Å². The molecule has 160 valence electrons. The molecule has 3 aromatic carbocycles. The molecule has 0 spiro atoms. The molecule has 0 saturated carbocycles. The number of carbonyl (C=O) groups is 2. The molecule has 0 radical (unpaired) electrons. The first-order valence-electron chi connectivity index (χ1n) is 10.2. The molecule has 1 saturated heterocycles. The maximum atomic E-state index is 13.6. The Bertz CT molecular complexity index is 1200. The average Bonchev–Trinajstić information content (AvgIpc) is 3.04. The predicted molar refractivity (Wildman–Crippen MR) is 112 cm³/mol. The molecule has 7 heteroatoms. The van der Waals surface area contributed by atoms with Crippen LogP contribution in [0.4, 0.5) is 18.9 Å². The lowest BCUT2D eigenvalue weighted by molar-refractivity contribution is -0.137. The molecule has 32 heavy (non-hydrogen) atoms. The van der Waals surface area contributed by atoms with Gasteiger partial charge in [0.15, 0.2) is 0 Å². The third kappa shape index (κ3) is 2.44. The lowest BCUT2D eigenvalue weighted by Crippen LogP contribution is -2.41. The van der Waals surface area contributed by atoms with Gasteiger partial charge in [-0.1, -0.05) is 60.1 Å². The van der Waals surface area contributed by atoms with Crippen LogP contribution in [0, 0.1) is 11.8 Å². The summed E-state index contributed by atoms with van der Waals surface area (Å²) in [4.78, 5) is 28.2. The Hall–Kier alpha value is -3.12. The van der Waals surface area contributed by atoms with E-state index in [0.29, 0.717) is 0 Å². The maximum absolute atomic E-state index is 13.6. The molecule has 3 aromatic rings. The van der Waals surface area contributed by atoms with Gasteiger partial charge in [0.05, 0.1) is 28.1 Å². The molecule has 2 amide bonds. The van der Waals surface area contributed by atoms with Crippen molar-refractivity contribution in [1.29, 1.82) is 0 Å². The smallest absolute Gasteiger partial charge is 0.274 e. The molecule has 7 rings (SSSR count). The highest BCUT2D eigenvalue weighted by molar-refractivity contribution is 6.36. The molecule has 3 nitrogen and oxygen atoms in total. The molecule has 0 aromatic heterocycles. The third-order valence-electron chi connectivity index (χ3n) is 6.96. The van der Waals surface area contributed by atoms with E-state index in [-0.39, 0.29) is 22.5 Å². The van der Waals surface area contributed by atoms with Gasteiger partial charge in [0.1, 0.15) is 0 Å². The number of benzene rings is 3. The van der Waals surface area contributed by atoms with Gasteiger partial charge in [0.2, 0.25) is 11.8 Å². The third-order valence-corrected chi connectivity index (χ3v) is 7.28.